The maximum Gasteiger partial charge on any atom is 0.338 e. The number of carboxylic acid groups (broad SMARTS) is 1. The molecule has 1 amide bonds. The minimum Gasteiger partial charge on any atom is -0.478 e. The van der Waals surface area contributed by atoms with Gasteiger partial charge in [-0.05, 0) is 37.0 Å². The van der Waals surface area contributed by atoms with Crippen molar-refractivity contribution in [1.82, 2.24) is 14.7 Å². The minimum atomic E-state index is -1.01. The van der Waals surface area contributed by atoms with Crippen LogP contribution in [0.3, 0.4) is 0 Å². The number of amides is 1. The maximum absolute atomic E-state index is 13.3. The molecule has 138 valence electrons. The second kappa shape index (κ2) is 7.68. The summed E-state index contributed by atoms with van der Waals surface area (Å²) in [5.41, 5.74) is 0.950. The lowest BCUT2D eigenvalue weighted by Gasteiger charge is -2.34. The Kier molecular flexibility index (Phi) is 5.35. The molecular weight excluding hydrogens is 337 g/mol. The zero-order valence-electron chi connectivity index (χ0n) is 14.6. The molecule has 1 aliphatic rings. The van der Waals surface area contributed by atoms with E-state index in [1.54, 1.807) is 15.6 Å². The molecule has 2 heterocycles. The van der Waals surface area contributed by atoms with Crippen molar-refractivity contribution >= 4 is 11.9 Å². The van der Waals surface area contributed by atoms with Gasteiger partial charge < -0.3 is 10.0 Å². The molecular formula is C19H22FN3O3. The summed E-state index contributed by atoms with van der Waals surface area (Å²) in [5.74, 6) is -1.52. The molecule has 1 aromatic heterocycles. The fourth-order valence-corrected chi connectivity index (χ4v) is 3.44. The number of aromatic nitrogens is 2. The molecule has 1 fully saturated rings. The number of rotatable bonds is 5. The van der Waals surface area contributed by atoms with Crippen molar-refractivity contribution in [1.29, 1.82) is 0 Å². The summed E-state index contributed by atoms with van der Waals surface area (Å²) >= 11 is 0. The predicted octanol–water partition coefficient (Wildman–Crippen LogP) is 2.76. The van der Waals surface area contributed by atoms with Crippen molar-refractivity contribution in [2.24, 2.45) is 5.92 Å². The fraction of sp³-hybridized carbons (Fsp3) is 0.421. The van der Waals surface area contributed by atoms with Crippen molar-refractivity contribution in [2.45, 2.75) is 32.2 Å². The molecule has 0 aliphatic carbocycles. The van der Waals surface area contributed by atoms with E-state index >= 15 is 0 Å². The zero-order valence-corrected chi connectivity index (χ0v) is 14.6. The first-order valence-corrected chi connectivity index (χ1v) is 8.74. The monoisotopic (exact) mass is 359 g/mol. The standard InChI is InChI=1S/C19H22FN3O3/c1-13(8-14-4-2-5-16(20)9-14)18(24)22-7-3-6-17(12-22)23-11-15(10-21-23)19(25)26/h2,4-5,9-11,13,17H,3,6-8,12H2,1H3,(H,25,26)/t13-,17-/m0/s1. The molecule has 26 heavy (non-hydrogen) atoms. The maximum atomic E-state index is 13.3. The smallest absolute Gasteiger partial charge is 0.338 e. The SMILES string of the molecule is C[C@@H](Cc1cccc(F)c1)C(=O)N1CCC[C@H](n2cc(C(=O)O)cn2)C1. The van der Waals surface area contributed by atoms with Crippen molar-refractivity contribution < 1.29 is 19.1 Å². The third-order valence-corrected chi connectivity index (χ3v) is 4.78. The predicted molar refractivity (Wildman–Crippen MR) is 93.3 cm³/mol. The molecule has 1 aromatic carbocycles. The molecule has 0 spiro atoms. The van der Waals surface area contributed by atoms with Crippen molar-refractivity contribution in [3.05, 3.63) is 53.6 Å². The number of likely N-dealkylation sites (tertiary alicyclic amines) is 1. The molecule has 1 saturated heterocycles. The summed E-state index contributed by atoms with van der Waals surface area (Å²) in [6.07, 6.45) is 5.02. The molecule has 0 radical (unpaired) electrons. The number of carboxylic acids is 1. The first-order valence-electron chi connectivity index (χ1n) is 8.74. The lowest BCUT2D eigenvalue weighted by atomic mass is 9.97. The number of halogens is 1. The first-order chi connectivity index (χ1) is 12.4. The third-order valence-electron chi connectivity index (χ3n) is 4.78. The number of nitrogens with zero attached hydrogens (tertiary/aromatic N) is 3. The van der Waals surface area contributed by atoms with Crippen LogP contribution in [0.1, 0.15) is 41.7 Å². The topological polar surface area (TPSA) is 75.4 Å². The molecule has 3 rings (SSSR count). The van der Waals surface area contributed by atoms with Gasteiger partial charge in [-0.3, -0.25) is 9.48 Å². The van der Waals surface area contributed by atoms with Gasteiger partial charge in [0.05, 0.1) is 17.8 Å². The lowest BCUT2D eigenvalue weighted by Crippen LogP contribution is -2.43. The van der Waals surface area contributed by atoms with Crippen LogP contribution in [0.4, 0.5) is 4.39 Å². The number of carbonyl (C=O) groups is 2. The summed E-state index contributed by atoms with van der Waals surface area (Å²) in [7, 11) is 0. The lowest BCUT2D eigenvalue weighted by molar-refractivity contribution is -0.136. The van der Waals surface area contributed by atoms with E-state index in [0.29, 0.717) is 19.5 Å². The van der Waals surface area contributed by atoms with Gasteiger partial charge in [0.2, 0.25) is 5.91 Å². The summed E-state index contributed by atoms with van der Waals surface area (Å²) in [5, 5.41) is 13.2. The highest BCUT2D eigenvalue weighted by Crippen LogP contribution is 2.23. The Balaban J connectivity index is 1.64. The third kappa shape index (κ3) is 4.09. The van der Waals surface area contributed by atoms with Crippen LogP contribution >= 0.6 is 0 Å². The van der Waals surface area contributed by atoms with Gasteiger partial charge >= 0.3 is 5.97 Å². The number of hydrogen-bond acceptors (Lipinski definition) is 3. The van der Waals surface area contributed by atoms with Gasteiger partial charge in [0.15, 0.2) is 0 Å². The molecule has 2 aromatic rings. The van der Waals surface area contributed by atoms with Crippen LogP contribution in [0, 0.1) is 11.7 Å². The van der Waals surface area contributed by atoms with Gasteiger partial charge in [-0.15, -0.1) is 0 Å². The Morgan fingerprint density at radius 1 is 1.42 bits per heavy atom. The van der Waals surface area contributed by atoms with Gasteiger partial charge in [-0.1, -0.05) is 19.1 Å². The first kappa shape index (κ1) is 18.1. The Morgan fingerprint density at radius 3 is 2.92 bits per heavy atom. The van der Waals surface area contributed by atoms with Crippen LogP contribution in [0.15, 0.2) is 36.7 Å². The molecule has 0 unspecified atom stereocenters. The summed E-state index contributed by atoms with van der Waals surface area (Å²) in [6, 6.07) is 6.29. The van der Waals surface area contributed by atoms with Crippen LogP contribution in [0.25, 0.3) is 0 Å². The molecule has 0 saturated carbocycles. The van der Waals surface area contributed by atoms with E-state index in [4.69, 9.17) is 5.11 Å². The Bertz CT molecular complexity index is 805. The molecule has 1 N–H and O–H groups in total. The largest absolute Gasteiger partial charge is 0.478 e. The summed E-state index contributed by atoms with van der Waals surface area (Å²) in [6.45, 7) is 3.04. The van der Waals surface area contributed by atoms with Gasteiger partial charge in [0.25, 0.3) is 0 Å². The normalized spacial score (nSPS) is 18.5. The highest BCUT2D eigenvalue weighted by molar-refractivity contribution is 5.86. The average Bonchev–Trinajstić information content (AvgIpc) is 3.12. The molecule has 7 heteroatoms. The molecule has 1 aliphatic heterocycles. The van der Waals surface area contributed by atoms with Crippen LogP contribution in [0.2, 0.25) is 0 Å². The Labute approximate surface area is 151 Å². The highest BCUT2D eigenvalue weighted by atomic mass is 19.1. The van der Waals surface area contributed by atoms with E-state index in [1.807, 2.05) is 13.0 Å². The van der Waals surface area contributed by atoms with Crippen molar-refractivity contribution in [3.63, 3.8) is 0 Å². The van der Waals surface area contributed by atoms with E-state index < -0.39 is 5.97 Å². The van der Waals surface area contributed by atoms with Crippen LogP contribution in [0.5, 0.6) is 0 Å². The highest BCUT2D eigenvalue weighted by Gasteiger charge is 2.28. The van der Waals surface area contributed by atoms with Crippen LogP contribution in [-0.4, -0.2) is 44.8 Å². The van der Waals surface area contributed by atoms with E-state index in [2.05, 4.69) is 5.10 Å². The number of piperidine rings is 1. The fourth-order valence-electron chi connectivity index (χ4n) is 3.44. The second-order valence-corrected chi connectivity index (χ2v) is 6.83. The molecule has 0 bridgehead atoms. The molecule has 6 nitrogen and oxygen atoms in total. The average molecular weight is 359 g/mol. The summed E-state index contributed by atoms with van der Waals surface area (Å²) < 4.78 is 15.0. The quantitative estimate of drug-likeness (QED) is 0.891. The Morgan fingerprint density at radius 2 is 2.23 bits per heavy atom. The second-order valence-electron chi connectivity index (χ2n) is 6.83. The van der Waals surface area contributed by atoms with E-state index in [-0.39, 0.29) is 29.2 Å². The van der Waals surface area contributed by atoms with Gasteiger partial charge in [-0.25, -0.2) is 9.18 Å². The van der Waals surface area contributed by atoms with E-state index in [9.17, 15) is 14.0 Å². The van der Waals surface area contributed by atoms with Crippen LogP contribution < -0.4 is 0 Å². The van der Waals surface area contributed by atoms with Gasteiger partial charge in [0.1, 0.15) is 5.82 Å². The number of benzene rings is 1. The summed E-state index contributed by atoms with van der Waals surface area (Å²) in [4.78, 5) is 25.6. The number of aromatic carboxylic acids is 1. The van der Waals surface area contributed by atoms with E-state index in [0.717, 1.165) is 18.4 Å². The van der Waals surface area contributed by atoms with Gasteiger partial charge in [-0.2, -0.15) is 5.10 Å². The van der Waals surface area contributed by atoms with Gasteiger partial charge in [0, 0.05) is 25.2 Å². The number of hydrogen-bond donors (Lipinski definition) is 1. The number of carbonyl (C=O) groups excluding carboxylic acids is 1. The van der Waals surface area contributed by atoms with Crippen molar-refractivity contribution in [2.75, 3.05) is 13.1 Å². The van der Waals surface area contributed by atoms with Crippen LogP contribution in [-0.2, 0) is 11.2 Å². The van der Waals surface area contributed by atoms with E-state index in [1.165, 1.54) is 24.5 Å². The minimum absolute atomic E-state index is 0.0258. The zero-order chi connectivity index (χ0) is 18.7. The van der Waals surface area contributed by atoms with Crippen molar-refractivity contribution in [3.8, 4) is 0 Å². The molecule has 2 atom stereocenters. The Hall–Kier alpha value is -2.70.